The summed E-state index contributed by atoms with van der Waals surface area (Å²) in [5.41, 5.74) is 5.83. The van der Waals surface area contributed by atoms with E-state index in [4.69, 9.17) is 14.8 Å². The summed E-state index contributed by atoms with van der Waals surface area (Å²) in [6.45, 7) is 8.50. The predicted molar refractivity (Wildman–Crippen MR) is 179 cm³/mol. The molecule has 2 unspecified atom stereocenters. The molecular weight excluding hydrogens is 639 g/mol. The van der Waals surface area contributed by atoms with Gasteiger partial charge in [0.1, 0.15) is 35.4 Å². The van der Waals surface area contributed by atoms with Crippen LogP contribution in [0.2, 0.25) is 0 Å². The molecule has 7 rings (SSSR count). The lowest BCUT2D eigenvalue weighted by Gasteiger charge is -2.33. The Morgan fingerprint density at radius 1 is 1.12 bits per heavy atom. The first-order valence-corrected chi connectivity index (χ1v) is 16.6. The van der Waals surface area contributed by atoms with Crippen LogP contribution in [-0.4, -0.2) is 67.9 Å². The minimum atomic E-state index is -1.04. The Morgan fingerprint density at radius 2 is 1.94 bits per heavy atom. The molecule has 2 aliphatic rings. The van der Waals surface area contributed by atoms with Crippen LogP contribution < -0.4 is 4.74 Å². The molecule has 0 spiro atoms. The van der Waals surface area contributed by atoms with Gasteiger partial charge in [0, 0.05) is 52.5 Å². The van der Waals surface area contributed by atoms with Crippen molar-refractivity contribution in [2.24, 2.45) is 0 Å². The van der Waals surface area contributed by atoms with Crippen molar-refractivity contribution in [3.63, 3.8) is 0 Å². The van der Waals surface area contributed by atoms with Crippen LogP contribution in [0, 0.1) is 11.6 Å². The number of fused-ring (bicyclic) bond motifs is 3. The Hall–Kier alpha value is -4.52. The summed E-state index contributed by atoms with van der Waals surface area (Å²) < 4.78 is 52.9. The largest absolute Gasteiger partial charge is 0.490 e. The summed E-state index contributed by atoms with van der Waals surface area (Å²) in [4.78, 5) is 21.5. The van der Waals surface area contributed by atoms with E-state index in [1.54, 1.807) is 17.7 Å². The Kier molecular flexibility index (Phi) is 8.34. The fraction of sp³-hybridized carbons (Fsp3) is 0.306. The van der Waals surface area contributed by atoms with Crippen LogP contribution in [-0.2, 0) is 30.8 Å². The number of aromatic nitrogens is 3. The quantitative estimate of drug-likeness (QED) is 0.193. The van der Waals surface area contributed by atoms with Gasteiger partial charge in [-0.05, 0) is 62.0 Å². The predicted octanol–water partition coefficient (Wildman–Crippen LogP) is 6.73. The number of benzene rings is 2. The van der Waals surface area contributed by atoms with Crippen LogP contribution in [0.4, 0.5) is 13.2 Å². The standard InChI is InChI=1S/C36H34F3N5O3S/c1-19-15-44-26(17-43(19)36(46)21(3)37)14-29(41-44)34-32(31-28(39)12-25(38)13-30(31)47-18-20(2)45)35-27(8-10-48-35)33(40-34)23-5-6-24-16-42(4)9-7-22(24)11-23/h5-6,8,10-14,19-20,45H,3,7,9,15-18H2,1-2,4H3. The van der Waals surface area contributed by atoms with E-state index in [9.17, 15) is 18.7 Å². The Bertz CT molecular complexity index is 2090. The van der Waals surface area contributed by atoms with Crippen molar-refractivity contribution in [2.75, 3.05) is 20.2 Å². The van der Waals surface area contributed by atoms with Gasteiger partial charge in [0.05, 0.1) is 36.1 Å². The van der Waals surface area contributed by atoms with Gasteiger partial charge in [0.2, 0.25) is 0 Å². The number of halogens is 3. The Labute approximate surface area is 279 Å². The van der Waals surface area contributed by atoms with Crippen LogP contribution >= 0.6 is 11.3 Å². The van der Waals surface area contributed by atoms with Crippen molar-refractivity contribution in [3.05, 3.63) is 88.7 Å². The first-order chi connectivity index (χ1) is 23.0. The lowest BCUT2D eigenvalue weighted by Crippen LogP contribution is -2.45. The van der Waals surface area contributed by atoms with Gasteiger partial charge in [-0.25, -0.2) is 18.2 Å². The molecule has 248 valence electrons. The Balaban J connectivity index is 1.47. The SMILES string of the molecule is C=C(F)C(=O)N1Cc2cc(-c3nc(-c4ccc5c(c4)CCN(C)C5)c4ccsc4c3-c3c(F)cc(F)cc3OCC(C)O)nn2CC1C. The number of aliphatic hydroxyl groups is 1. The summed E-state index contributed by atoms with van der Waals surface area (Å²) in [7, 11) is 2.10. The lowest BCUT2D eigenvalue weighted by atomic mass is 9.93. The summed E-state index contributed by atoms with van der Waals surface area (Å²) >= 11 is 1.39. The van der Waals surface area contributed by atoms with Crippen molar-refractivity contribution in [1.29, 1.82) is 0 Å². The molecule has 0 fully saturated rings. The molecule has 2 aliphatic heterocycles. The molecular formula is C36H34F3N5O3S. The minimum Gasteiger partial charge on any atom is -0.490 e. The van der Waals surface area contributed by atoms with Crippen molar-refractivity contribution in [2.45, 2.75) is 52.0 Å². The maximum absolute atomic E-state index is 16.1. The molecule has 2 aromatic carbocycles. The molecule has 0 saturated heterocycles. The third-order valence-corrected chi connectivity index (χ3v) is 9.87. The molecule has 5 aromatic rings. The number of aliphatic hydroxyl groups excluding tert-OH is 1. The van der Waals surface area contributed by atoms with E-state index in [2.05, 4.69) is 30.7 Å². The lowest BCUT2D eigenvalue weighted by molar-refractivity contribution is -0.132. The molecule has 0 aliphatic carbocycles. The first-order valence-electron chi connectivity index (χ1n) is 15.7. The first kappa shape index (κ1) is 32.0. The number of carbonyl (C=O) groups is 1. The van der Waals surface area contributed by atoms with Crippen molar-refractivity contribution in [3.8, 4) is 39.5 Å². The molecule has 8 nitrogen and oxygen atoms in total. The van der Waals surface area contributed by atoms with E-state index in [-0.39, 0.29) is 30.5 Å². The number of thiophene rings is 1. The van der Waals surface area contributed by atoms with Gasteiger partial charge >= 0.3 is 0 Å². The summed E-state index contributed by atoms with van der Waals surface area (Å²) in [5.74, 6) is -3.58. The zero-order chi connectivity index (χ0) is 33.9. The second-order valence-corrected chi connectivity index (χ2v) is 13.5. The average molecular weight is 674 g/mol. The number of likely N-dealkylation sites (N-methyl/N-ethyl adjacent to an activating group) is 1. The van der Waals surface area contributed by atoms with Crippen LogP contribution in [0.15, 0.2) is 60.3 Å². The summed E-state index contributed by atoms with van der Waals surface area (Å²) in [5, 5.41) is 17.5. The van der Waals surface area contributed by atoms with Gasteiger partial charge in [-0.3, -0.25) is 9.48 Å². The maximum Gasteiger partial charge on any atom is 0.282 e. The van der Waals surface area contributed by atoms with Crippen molar-refractivity contribution >= 4 is 27.3 Å². The zero-order valence-electron chi connectivity index (χ0n) is 26.8. The fourth-order valence-corrected chi connectivity index (χ4v) is 7.53. The highest BCUT2D eigenvalue weighted by Crippen LogP contribution is 2.47. The zero-order valence-corrected chi connectivity index (χ0v) is 27.6. The highest BCUT2D eigenvalue weighted by atomic mass is 32.1. The highest BCUT2D eigenvalue weighted by molar-refractivity contribution is 7.18. The number of amides is 1. The van der Waals surface area contributed by atoms with E-state index < -0.39 is 29.5 Å². The van der Waals surface area contributed by atoms with E-state index in [1.165, 1.54) is 34.3 Å². The van der Waals surface area contributed by atoms with Gasteiger partial charge in [0.15, 0.2) is 5.83 Å². The van der Waals surface area contributed by atoms with Gasteiger partial charge in [-0.1, -0.05) is 18.7 Å². The second kappa shape index (κ2) is 12.5. The molecule has 12 heteroatoms. The molecule has 0 bridgehead atoms. The van der Waals surface area contributed by atoms with Gasteiger partial charge in [-0.2, -0.15) is 5.10 Å². The third kappa shape index (κ3) is 5.78. The Morgan fingerprint density at radius 3 is 2.71 bits per heavy atom. The number of carbonyl (C=O) groups excluding carboxylic acids is 1. The molecule has 2 atom stereocenters. The average Bonchev–Trinajstić information content (AvgIpc) is 3.69. The highest BCUT2D eigenvalue weighted by Gasteiger charge is 2.32. The van der Waals surface area contributed by atoms with E-state index in [0.717, 1.165) is 42.6 Å². The van der Waals surface area contributed by atoms with Crippen LogP contribution in [0.25, 0.3) is 43.9 Å². The minimum absolute atomic E-state index is 0.00287. The number of hydrogen-bond donors (Lipinski definition) is 1. The van der Waals surface area contributed by atoms with Gasteiger partial charge in [-0.15, -0.1) is 11.3 Å². The fourth-order valence-electron chi connectivity index (χ4n) is 6.58. The number of hydrogen-bond acceptors (Lipinski definition) is 7. The van der Waals surface area contributed by atoms with Crippen molar-refractivity contribution in [1.82, 2.24) is 24.6 Å². The van der Waals surface area contributed by atoms with E-state index in [0.29, 0.717) is 39.6 Å². The second-order valence-electron chi connectivity index (χ2n) is 12.6. The number of rotatable bonds is 7. The molecule has 0 radical (unpaired) electrons. The van der Waals surface area contributed by atoms with Gasteiger partial charge < -0.3 is 19.6 Å². The maximum atomic E-state index is 16.1. The smallest absolute Gasteiger partial charge is 0.282 e. The van der Waals surface area contributed by atoms with Crippen molar-refractivity contribution < 1.29 is 27.8 Å². The third-order valence-electron chi connectivity index (χ3n) is 8.94. The molecule has 3 aromatic heterocycles. The summed E-state index contributed by atoms with van der Waals surface area (Å²) in [6, 6.07) is 11.6. The molecule has 1 N–H and O–H groups in total. The number of ether oxygens (including phenoxy) is 1. The topological polar surface area (TPSA) is 83.7 Å². The number of nitrogens with zero attached hydrogens (tertiary/aromatic N) is 5. The van der Waals surface area contributed by atoms with E-state index >= 15 is 4.39 Å². The van der Waals surface area contributed by atoms with Gasteiger partial charge in [0.25, 0.3) is 5.91 Å². The molecule has 0 saturated carbocycles. The van der Waals surface area contributed by atoms with Crippen LogP contribution in [0.5, 0.6) is 5.75 Å². The number of pyridine rings is 1. The monoisotopic (exact) mass is 673 g/mol. The van der Waals surface area contributed by atoms with Crippen LogP contribution in [0.3, 0.4) is 0 Å². The van der Waals surface area contributed by atoms with E-state index in [1.807, 2.05) is 17.5 Å². The molecule has 1 amide bonds. The molecule has 48 heavy (non-hydrogen) atoms. The summed E-state index contributed by atoms with van der Waals surface area (Å²) in [6.07, 6.45) is 0.0110. The normalized spacial score (nSPS) is 16.9. The van der Waals surface area contributed by atoms with Crippen LogP contribution in [0.1, 0.15) is 30.7 Å². The molecule has 5 heterocycles.